The Balaban J connectivity index is 2.32. The van der Waals surface area contributed by atoms with Crippen LogP contribution in [0.3, 0.4) is 0 Å². The van der Waals surface area contributed by atoms with E-state index in [4.69, 9.17) is 6.42 Å². The lowest BCUT2D eigenvalue weighted by Gasteiger charge is -1.97. The maximum Gasteiger partial charge on any atom is 0.167 e. The summed E-state index contributed by atoms with van der Waals surface area (Å²) in [5, 5.41) is 1.03. The van der Waals surface area contributed by atoms with Crippen molar-refractivity contribution in [3.8, 4) is 12.3 Å². The van der Waals surface area contributed by atoms with Crippen molar-refractivity contribution < 1.29 is 0 Å². The highest BCUT2D eigenvalue weighted by Crippen LogP contribution is 2.22. The molecule has 70 valence electrons. The second-order valence-electron chi connectivity index (χ2n) is 2.99. The lowest BCUT2D eigenvalue weighted by Crippen LogP contribution is -1.89. The number of aromatic nitrogens is 2. The van der Waals surface area contributed by atoms with Crippen molar-refractivity contribution in [3.05, 3.63) is 24.3 Å². The molecule has 0 spiro atoms. The van der Waals surface area contributed by atoms with Crippen molar-refractivity contribution in [1.29, 1.82) is 0 Å². The van der Waals surface area contributed by atoms with Gasteiger partial charge < -0.3 is 4.98 Å². The van der Waals surface area contributed by atoms with E-state index in [1.807, 2.05) is 31.2 Å². The first-order valence-electron chi connectivity index (χ1n) is 4.37. The van der Waals surface area contributed by atoms with E-state index < -0.39 is 0 Å². The smallest absolute Gasteiger partial charge is 0.167 e. The van der Waals surface area contributed by atoms with Gasteiger partial charge in [-0.2, -0.15) is 0 Å². The van der Waals surface area contributed by atoms with Gasteiger partial charge in [0.1, 0.15) is 0 Å². The minimum atomic E-state index is 0.149. The Kier molecular flexibility index (Phi) is 2.47. The van der Waals surface area contributed by atoms with Crippen molar-refractivity contribution in [3.63, 3.8) is 0 Å². The molecule has 2 aromatic rings. The van der Waals surface area contributed by atoms with Crippen LogP contribution < -0.4 is 0 Å². The Bertz CT molecular complexity index is 448. The van der Waals surface area contributed by atoms with Gasteiger partial charge in [0.15, 0.2) is 5.16 Å². The van der Waals surface area contributed by atoms with E-state index in [1.54, 1.807) is 11.8 Å². The summed E-state index contributed by atoms with van der Waals surface area (Å²) in [5.41, 5.74) is 2.04. The summed E-state index contributed by atoms with van der Waals surface area (Å²) in [6.45, 7) is 1.98. The number of para-hydroxylation sites is 2. The largest absolute Gasteiger partial charge is 0.333 e. The van der Waals surface area contributed by atoms with Gasteiger partial charge in [-0.15, -0.1) is 6.42 Å². The fraction of sp³-hybridized carbons (Fsp3) is 0.182. The summed E-state index contributed by atoms with van der Waals surface area (Å²) >= 11 is 1.57. The molecule has 0 saturated carbocycles. The molecular weight excluding hydrogens is 192 g/mol. The summed E-state index contributed by atoms with van der Waals surface area (Å²) in [6.07, 6.45) is 5.30. The molecule has 0 aliphatic carbocycles. The summed E-state index contributed by atoms with van der Waals surface area (Å²) in [7, 11) is 0. The zero-order chi connectivity index (χ0) is 9.97. The maximum atomic E-state index is 5.30. The van der Waals surface area contributed by atoms with Crippen LogP contribution in [0.15, 0.2) is 29.4 Å². The molecule has 0 aliphatic rings. The molecule has 2 rings (SSSR count). The average Bonchev–Trinajstić information content (AvgIpc) is 2.59. The Morgan fingerprint density at radius 2 is 2.29 bits per heavy atom. The Hall–Kier alpha value is -1.40. The van der Waals surface area contributed by atoms with Gasteiger partial charge >= 0.3 is 0 Å². The van der Waals surface area contributed by atoms with Gasteiger partial charge in [-0.1, -0.05) is 29.8 Å². The van der Waals surface area contributed by atoms with Crippen molar-refractivity contribution in [1.82, 2.24) is 9.97 Å². The van der Waals surface area contributed by atoms with E-state index in [2.05, 4.69) is 15.9 Å². The number of nitrogens with zero attached hydrogens (tertiary/aromatic N) is 1. The fourth-order valence-corrected chi connectivity index (χ4v) is 1.91. The Labute approximate surface area is 87.1 Å². The number of hydrogen-bond donors (Lipinski definition) is 1. The number of nitrogens with one attached hydrogen (secondary N) is 1. The summed E-state index contributed by atoms with van der Waals surface area (Å²) in [5.74, 6) is 2.66. The van der Waals surface area contributed by atoms with Crippen LogP contribution >= 0.6 is 11.8 Å². The van der Waals surface area contributed by atoms with Gasteiger partial charge in [-0.3, -0.25) is 0 Å². The quantitative estimate of drug-likeness (QED) is 0.599. The molecule has 0 radical (unpaired) electrons. The van der Waals surface area contributed by atoms with E-state index in [-0.39, 0.29) is 5.25 Å². The molecule has 1 aromatic carbocycles. The van der Waals surface area contributed by atoms with E-state index in [1.165, 1.54) is 0 Å². The molecule has 3 heteroatoms. The number of thioether (sulfide) groups is 1. The highest BCUT2D eigenvalue weighted by Gasteiger charge is 2.05. The van der Waals surface area contributed by atoms with Crippen molar-refractivity contribution in [2.75, 3.05) is 0 Å². The third-order valence-corrected chi connectivity index (χ3v) is 2.80. The van der Waals surface area contributed by atoms with Gasteiger partial charge in [0.25, 0.3) is 0 Å². The zero-order valence-electron chi connectivity index (χ0n) is 7.82. The molecule has 1 unspecified atom stereocenters. The molecule has 1 heterocycles. The second kappa shape index (κ2) is 3.77. The SMILES string of the molecule is C#CC(C)Sc1nc2ccccc2[nH]1. The van der Waals surface area contributed by atoms with Gasteiger partial charge in [-0.05, 0) is 19.1 Å². The molecule has 0 fully saturated rings. The van der Waals surface area contributed by atoms with Crippen LogP contribution in [0.2, 0.25) is 0 Å². The molecule has 1 aromatic heterocycles. The van der Waals surface area contributed by atoms with Gasteiger partial charge in [-0.25, -0.2) is 4.98 Å². The molecule has 0 saturated heterocycles. The first kappa shape index (κ1) is 9.17. The summed E-state index contributed by atoms with van der Waals surface area (Å²) in [6, 6.07) is 7.95. The van der Waals surface area contributed by atoms with Gasteiger partial charge in [0.2, 0.25) is 0 Å². The number of benzene rings is 1. The number of rotatable bonds is 2. The van der Waals surface area contributed by atoms with Crippen molar-refractivity contribution >= 4 is 22.8 Å². The third-order valence-electron chi connectivity index (χ3n) is 1.89. The number of aromatic amines is 1. The first-order chi connectivity index (χ1) is 6.79. The van der Waals surface area contributed by atoms with Crippen LogP contribution in [0.25, 0.3) is 11.0 Å². The molecule has 0 aliphatic heterocycles. The number of imidazole rings is 1. The normalized spacial score (nSPS) is 12.6. The second-order valence-corrected chi connectivity index (χ2v) is 4.32. The minimum absolute atomic E-state index is 0.149. The highest BCUT2D eigenvalue weighted by atomic mass is 32.2. The van der Waals surface area contributed by atoms with E-state index in [0.29, 0.717) is 0 Å². The van der Waals surface area contributed by atoms with Crippen molar-refractivity contribution in [2.45, 2.75) is 17.3 Å². The average molecular weight is 202 g/mol. The van der Waals surface area contributed by atoms with Crippen LogP contribution in [0, 0.1) is 12.3 Å². The molecule has 0 bridgehead atoms. The summed E-state index contributed by atoms with van der Waals surface area (Å²) in [4.78, 5) is 7.63. The maximum absolute atomic E-state index is 5.30. The molecular formula is C11H10N2S. The Morgan fingerprint density at radius 1 is 1.50 bits per heavy atom. The highest BCUT2D eigenvalue weighted by molar-refractivity contribution is 8.00. The van der Waals surface area contributed by atoms with Crippen LogP contribution in [0.4, 0.5) is 0 Å². The van der Waals surface area contributed by atoms with E-state index >= 15 is 0 Å². The minimum Gasteiger partial charge on any atom is -0.333 e. The predicted octanol–water partition coefficient (Wildman–Crippen LogP) is 2.68. The first-order valence-corrected chi connectivity index (χ1v) is 5.25. The summed E-state index contributed by atoms with van der Waals surface area (Å²) < 4.78 is 0. The van der Waals surface area contributed by atoms with Gasteiger partial charge in [0, 0.05) is 0 Å². The van der Waals surface area contributed by atoms with E-state index in [9.17, 15) is 0 Å². The number of H-pyrrole nitrogens is 1. The lowest BCUT2D eigenvalue weighted by molar-refractivity contribution is 1.07. The van der Waals surface area contributed by atoms with Crippen molar-refractivity contribution in [2.24, 2.45) is 0 Å². The molecule has 14 heavy (non-hydrogen) atoms. The number of hydrogen-bond acceptors (Lipinski definition) is 2. The lowest BCUT2D eigenvalue weighted by atomic mass is 10.3. The molecule has 1 N–H and O–H groups in total. The van der Waals surface area contributed by atoms with Crippen LogP contribution in [-0.2, 0) is 0 Å². The Morgan fingerprint density at radius 3 is 3.00 bits per heavy atom. The van der Waals surface area contributed by atoms with Crippen LogP contribution in [-0.4, -0.2) is 15.2 Å². The number of terminal acetylenes is 1. The number of fused-ring (bicyclic) bond motifs is 1. The molecule has 0 amide bonds. The monoisotopic (exact) mass is 202 g/mol. The standard InChI is InChI=1S/C11H10N2S/c1-3-8(2)14-11-12-9-6-4-5-7-10(9)13-11/h1,4-8H,2H3,(H,12,13). The zero-order valence-corrected chi connectivity index (χ0v) is 8.64. The molecule has 2 nitrogen and oxygen atoms in total. The topological polar surface area (TPSA) is 28.7 Å². The van der Waals surface area contributed by atoms with Gasteiger partial charge in [0.05, 0.1) is 16.3 Å². The fourth-order valence-electron chi connectivity index (χ4n) is 1.19. The third kappa shape index (κ3) is 1.75. The molecule has 1 atom stereocenters. The predicted molar refractivity (Wildman–Crippen MR) is 60.2 cm³/mol. The van der Waals surface area contributed by atoms with E-state index in [0.717, 1.165) is 16.2 Å². The van der Waals surface area contributed by atoms with Crippen LogP contribution in [0.5, 0.6) is 0 Å². The van der Waals surface area contributed by atoms with Crippen LogP contribution in [0.1, 0.15) is 6.92 Å².